The van der Waals surface area contributed by atoms with Gasteiger partial charge in [-0.3, -0.25) is 4.79 Å². The zero-order chi connectivity index (χ0) is 15.7. The summed E-state index contributed by atoms with van der Waals surface area (Å²) in [6.07, 6.45) is 5.15. The number of unbranched alkanes of at least 4 members (excludes halogenated alkanes) is 2. The van der Waals surface area contributed by atoms with Crippen molar-refractivity contribution in [2.75, 3.05) is 20.8 Å². The van der Waals surface area contributed by atoms with Crippen molar-refractivity contribution < 1.29 is 14.3 Å². The topological polar surface area (TPSA) is 47.6 Å². The largest absolute Gasteiger partial charge is 0.493 e. The first-order valence-electron chi connectivity index (χ1n) is 7.30. The highest BCUT2D eigenvalue weighted by atomic mass is 16.5. The second kappa shape index (κ2) is 9.06. The molecule has 0 aromatic heterocycles. The van der Waals surface area contributed by atoms with E-state index in [-0.39, 0.29) is 5.91 Å². The smallest absolute Gasteiger partial charge is 0.246 e. The normalized spacial score (nSPS) is 11.1. The van der Waals surface area contributed by atoms with E-state index in [0.29, 0.717) is 17.1 Å². The third kappa shape index (κ3) is 5.50. The summed E-state index contributed by atoms with van der Waals surface area (Å²) in [6.45, 7) is 4.68. The maximum atomic E-state index is 12.0. The molecule has 0 aliphatic rings. The Labute approximate surface area is 127 Å². The van der Waals surface area contributed by atoms with E-state index in [4.69, 9.17) is 9.47 Å². The van der Waals surface area contributed by atoms with Gasteiger partial charge in [0, 0.05) is 12.1 Å². The summed E-state index contributed by atoms with van der Waals surface area (Å²) in [5.41, 5.74) is 1.59. The van der Waals surface area contributed by atoms with E-state index in [1.807, 2.05) is 31.2 Å². The number of nitrogens with one attached hydrogen (secondary N) is 1. The molecule has 0 spiro atoms. The van der Waals surface area contributed by atoms with Gasteiger partial charge in [0.25, 0.3) is 0 Å². The molecule has 0 fully saturated rings. The molecule has 0 aliphatic carbocycles. The summed E-state index contributed by atoms with van der Waals surface area (Å²) in [7, 11) is 3.20. The van der Waals surface area contributed by atoms with Gasteiger partial charge < -0.3 is 14.8 Å². The number of ether oxygens (including phenoxy) is 2. The number of carbonyl (C=O) groups excluding carboxylic acids is 1. The summed E-state index contributed by atoms with van der Waals surface area (Å²) < 4.78 is 10.5. The number of hydrogen-bond acceptors (Lipinski definition) is 3. The second-order valence-electron chi connectivity index (χ2n) is 4.90. The molecule has 0 unspecified atom stereocenters. The highest BCUT2D eigenvalue weighted by Crippen LogP contribution is 2.28. The second-order valence-corrected chi connectivity index (χ2v) is 4.90. The van der Waals surface area contributed by atoms with E-state index in [1.54, 1.807) is 14.2 Å². The van der Waals surface area contributed by atoms with Crippen LogP contribution in [-0.2, 0) is 4.79 Å². The Morgan fingerprint density at radius 3 is 2.52 bits per heavy atom. The minimum absolute atomic E-state index is 0.0270. The lowest BCUT2D eigenvalue weighted by atomic mass is 10.1. The van der Waals surface area contributed by atoms with E-state index >= 15 is 0 Å². The lowest BCUT2D eigenvalue weighted by Crippen LogP contribution is -2.24. The van der Waals surface area contributed by atoms with Crippen LogP contribution >= 0.6 is 0 Å². The zero-order valence-corrected chi connectivity index (χ0v) is 13.4. The van der Waals surface area contributed by atoms with Crippen LogP contribution in [0.4, 0.5) is 0 Å². The number of amides is 1. The monoisotopic (exact) mass is 291 g/mol. The minimum atomic E-state index is -0.0270. The molecule has 1 rings (SSSR count). The molecule has 1 N–H and O–H groups in total. The summed E-state index contributed by atoms with van der Waals surface area (Å²) in [6, 6.07) is 5.58. The molecule has 116 valence electrons. The van der Waals surface area contributed by atoms with Gasteiger partial charge >= 0.3 is 0 Å². The Morgan fingerprint density at radius 1 is 1.19 bits per heavy atom. The highest BCUT2D eigenvalue weighted by Gasteiger charge is 2.06. The summed E-state index contributed by atoms with van der Waals surface area (Å²) in [4.78, 5) is 12.0. The average Bonchev–Trinajstić information content (AvgIpc) is 2.51. The number of carbonyl (C=O) groups is 1. The number of methoxy groups -OCH3 is 2. The van der Waals surface area contributed by atoms with Crippen molar-refractivity contribution in [1.82, 2.24) is 5.32 Å². The lowest BCUT2D eigenvalue weighted by molar-refractivity contribution is -0.117. The van der Waals surface area contributed by atoms with Gasteiger partial charge in [-0.05, 0) is 37.1 Å². The van der Waals surface area contributed by atoms with Crippen molar-refractivity contribution in [2.45, 2.75) is 33.1 Å². The van der Waals surface area contributed by atoms with Crippen molar-refractivity contribution >= 4 is 12.0 Å². The van der Waals surface area contributed by atoms with Gasteiger partial charge in [-0.15, -0.1) is 0 Å². The van der Waals surface area contributed by atoms with E-state index < -0.39 is 0 Å². The van der Waals surface area contributed by atoms with Crippen LogP contribution < -0.4 is 14.8 Å². The first-order chi connectivity index (χ1) is 10.1. The van der Waals surface area contributed by atoms with Gasteiger partial charge in [0.15, 0.2) is 11.5 Å². The molecule has 0 heterocycles. The molecule has 21 heavy (non-hydrogen) atoms. The van der Waals surface area contributed by atoms with Crippen LogP contribution in [0.3, 0.4) is 0 Å². The Bertz CT molecular complexity index is 495. The molecule has 1 amide bonds. The van der Waals surface area contributed by atoms with Crippen LogP contribution in [0.2, 0.25) is 0 Å². The Hall–Kier alpha value is -1.97. The van der Waals surface area contributed by atoms with Crippen LogP contribution in [0.1, 0.15) is 38.7 Å². The van der Waals surface area contributed by atoms with Gasteiger partial charge in [0.05, 0.1) is 14.2 Å². The molecular weight excluding hydrogens is 266 g/mol. The van der Waals surface area contributed by atoms with Crippen molar-refractivity contribution in [3.05, 3.63) is 29.3 Å². The predicted molar refractivity (Wildman–Crippen MR) is 85.7 cm³/mol. The Balaban J connectivity index is 2.70. The molecule has 1 aromatic rings. The molecular formula is C17H25NO3. The molecule has 0 aliphatic heterocycles. The van der Waals surface area contributed by atoms with E-state index in [0.717, 1.165) is 31.4 Å². The quantitative estimate of drug-likeness (QED) is 0.590. The molecule has 0 atom stereocenters. The lowest BCUT2D eigenvalue weighted by Gasteiger charge is -2.09. The zero-order valence-electron chi connectivity index (χ0n) is 13.4. The van der Waals surface area contributed by atoms with Crippen molar-refractivity contribution in [2.24, 2.45) is 0 Å². The summed E-state index contributed by atoms with van der Waals surface area (Å²) >= 11 is 0. The highest BCUT2D eigenvalue weighted by molar-refractivity contribution is 5.97. The average molecular weight is 291 g/mol. The van der Waals surface area contributed by atoms with Crippen LogP contribution in [-0.4, -0.2) is 26.7 Å². The molecule has 0 saturated heterocycles. The Morgan fingerprint density at radius 2 is 1.90 bits per heavy atom. The van der Waals surface area contributed by atoms with Gasteiger partial charge in [0.1, 0.15) is 0 Å². The standard InChI is InChI=1S/C17H25NO3/c1-5-6-7-10-18-17(19)13(2)11-14-8-9-15(20-3)16(12-14)21-4/h8-9,11-12H,5-7,10H2,1-4H3,(H,18,19)/b13-11+. The Kier molecular flexibility index (Phi) is 7.37. The van der Waals surface area contributed by atoms with Gasteiger partial charge in [-0.25, -0.2) is 0 Å². The maximum Gasteiger partial charge on any atom is 0.246 e. The predicted octanol–water partition coefficient (Wildman–Crippen LogP) is 3.41. The first-order valence-corrected chi connectivity index (χ1v) is 7.30. The summed E-state index contributed by atoms with van der Waals surface area (Å²) in [5, 5.41) is 2.93. The molecule has 1 aromatic carbocycles. The number of hydrogen-bond donors (Lipinski definition) is 1. The van der Waals surface area contributed by atoms with Crippen molar-refractivity contribution in [3.63, 3.8) is 0 Å². The van der Waals surface area contributed by atoms with Crippen molar-refractivity contribution in [3.8, 4) is 11.5 Å². The van der Waals surface area contributed by atoms with Gasteiger partial charge in [-0.1, -0.05) is 25.8 Å². The molecule has 0 bridgehead atoms. The van der Waals surface area contributed by atoms with Crippen molar-refractivity contribution in [1.29, 1.82) is 0 Å². The fourth-order valence-corrected chi connectivity index (χ4v) is 1.97. The van der Waals surface area contributed by atoms with Crippen LogP contribution in [0, 0.1) is 0 Å². The molecule has 0 radical (unpaired) electrons. The van der Waals surface area contributed by atoms with Gasteiger partial charge in [-0.2, -0.15) is 0 Å². The third-order valence-electron chi connectivity index (χ3n) is 3.21. The fourth-order valence-electron chi connectivity index (χ4n) is 1.97. The fraction of sp³-hybridized carbons (Fsp3) is 0.471. The minimum Gasteiger partial charge on any atom is -0.493 e. The van der Waals surface area contributed by atoms with Crippen LogP contribution in [0.25, 0.3) is 6.08 Å². The van der Waals surface area contributed by atoms with Crippen LogP contribution in [0.15, 0.2) is 23.8 Å². The van der Waals surface area contributed by atoms with Crippen LogP contribution in [0.5, 0.6) is 11.5 Å². The molecule has 4 heteroatoms. The SMILES string of the molecule is CCCCCNC(=O)/C(C)=C/c1ccc(OC)c(OC)c1. The third-order valence-corrected chi connectivity index (χ3v) is 3.21. The van der Waals surface area contributed by atoms with Gasteiger partial charge in [0.2, 0.25) is 5.91 Å². The van der Waals surface area contributed by atoms with E-state index in [2.05, 4.69) is 12.2 Å². The van der Waals surface area contributed by atoms with E-state index in [1.165, 1.54) is 0 Å². The number of rotatable bonds is 8. The summed E-state index contributed by atoms with van der Waals surface area (Å²) in [5.74, 6) is 1.31. The van der Waals surface area contributed by atoms with E-state index in [9.17, 15) is 4.79 Å². The maximum absolute atomic E-state index is 12.0. The number of benzene rings is 1. The molecule has 0 saturated carbocycles. The first kappa shape index (κ1) is 17.1. The molecule has 4 nitrogen and oxygen atoms in total.